The highest BCUT2D eigenvalue weighted by Crippen LogP contribution is 2.31. The average molecular weight is 293 g/mol. The van der Waals surface area contributed by atoms with Crippen molar-refractivity contribution in [2.45, 2.75) is 25.3 Å². The van der Waals surface area contributed by atoms with Crippen LogP contribution in [0.2, 0.25) is 0 Å². The highest BCUT2D eigenvalue weighted by atomic mass is 16.5. The van der Waals surface area contributed by atoms with Gasteiger partial charge >= 0.3 is 0 Å². The van der Waals surface area contributed by atoms with Crippen molar-refractivity contribution in [3.63, 3.8) is 0 Å². The van der Waals surface area contributed by atoms with Gasteiger partial charge in [0.25, 0.3) is 0 Å². The molecule has 116 valence electrons. The molecular formula is C15H23N3O3. The maximum atomic E-state index is 12.1. The lowest BCUT2D eigenvalue weighted by atomic mass is 9.97. The topological polar surface area (TPSA) is 56.6 Å². The lowest BCUT2D eigenvalue weighted by molar-refractivity contribution is -0.136. The number of carbonyl (C=O) groups is 1. The molecule has 0 aromatic carbocycles. The number of hydrogen-bond donors (Lipinski definition) is 0. The van der Waals surface area contributed by atoms with Gasteiger partial charge in [0.2, 0.25) is 5.91 Å². The lowest BCUT2D eigenvalue weighted by Crippen LogP contribution is -2.41. The van der Waals surface area contributed by atoms with Gasteiger partial charge in [0.15, 0.2) is 0 Å². The van der Waals surface area contributed by atoms with E-state index in [2.05, 4.69) is 5.10 Å². The number of carbonyl (C=O) groups excluding carboxylic acids is 1. The molecule has 2 heterocycles. The van der Waals surface area contributed by atoms with Crippen LogP contribution in [0.4, 0.5) is 0 Å². The Bertz CT molecular complexity index is 510. The van der Waals surface area contributed by atoms with E-state index in [4.69, 9.17) is 9.47 Å². The van der Waals surface area contributed by atoms with Crippen molar-refractivity contribution in [1.29, 1.82) is 0 Å². The van der Waals surface area contributed by atoms with Crippen molar-refractivity contribution in [3.05, 3.63) is 17.5 Å². The molecule has 0 spiro atoms. The highest BCUT2D eigenvalue weighted by molar-refractivity contribution is 5.77. The number of methoxy groups -OCH3 is 1. The van der Waals surface area contributed by atoms with E-state index in [1.165, 1.54) is 18.5 Å². The van der Waals surface area contributed by atoms with Gasteiger partial charge in [0, 0.05) is 45.3 Å². The number of amides is 1. The second-order valence-corrected chi connectivity index (χ2v) is 6.06. The normalized spacial score (nSPS) is 21.4. The number of aromatic nitrogens is 2. The first kappa shape index (κ1) is 14.5. The van der Waals surface area contributed by atoms with Gasteiger partial charge in [0.1, 0.15) is 6.61 Å². The van der Waals surface area contributed by atoms with E-state index in [0.29, 0.717) is 19.7 Å². The third-order valence-corrected chi connectivity index (χ3v) is 4.24. The SMILES string of the molecule is COCC(=O)N1Cc2cnn(C)c2[C@H](COCC2CC2)C1. The first-order valence-corrected chi connectivity index (χ1v) is 7.54. The van der Waals surface area contributed by atoms with E-state index < -0.39 is 0 Å². The van der Waals surface area contributed by atoms with Gasteiger partial charge in [-0.3, -0.25) is 9.48 Å². The number of nitrogens with zero attached hydrogens (tertiary/aromatic N) is 3. The zero-order chi connectivity index (χ0) is 14.8. The van der Waals surface area contributed by atoms with Crippen LogP contribution in [-0.4, -0.2) is 54.1 Å². The van der Waals surface area contributed by atoms with Crippen molar-refractivity contribution in [2.75, 3.05) is 33.5 Å². The Labute approximate surface area is 125 Å². The number of fused-ring (bicyclic) bond motifs is 1. The van der Waals surface area contributed by atoms with Crippen molar-refractivity contribution in [1.82, 2.24) is 14.7 Å². The summed E-state index contributed by atoms with van der Waals surface area (Å²) in [7, 11) is 3.51. The third kappa shape index (κ3) is 3.27. The zero-order valence-electron chi connectivity index (χ0n) is 12.7. The Balaban J connectivity index is 1.69. The quantitative estimate of drug-likeness (QED) is 0.782. The highest BCUT2D eigenvalue weighted by Gasteiger charge is 2.31. The summed E-state index contributed by atoms with van der Waals surface area (Å²) >= 11 is 0. The minimum absolute atomic E-state index is 0.0270. The Morgan fingerprint density at radius 1 is 1.43 bits per heavy atom. The van der Waals surface area contributed by atoms with Crippen LogP contribution in [0.1, 0.15) is 30.0 Å². The van der Waals surface area contributed by atoms with Gasteiger partial charge in [-0.2, -0.15) is 5.10 Å². The predicted octanol–water partition coefficient (Wildman–Crippen LogP) is 0.919. The van der Waals surface area contributed by atoms with Gasteiger partial charge in [0.05, 0.1) is 18.5 Å². The van der Waals surface area contributed by atoms with Gasteiger partial charge < -0.3 is 14.4 Å². The predicted molar refractivity (Wildman–Crippen MR) is 76.8 cm³/mol. The monoisotopic (exact) mass is 293 g/mol. The molecule has 1 aromatic rings. The van der Waals surface area contributed by atoms with E-state index in [-0.39, 0.29) is 18.4 Å². The molecule has 1 aromatic heterocycles. The molecular weight excluding hydrogens is 270 g/mol. The summed E-state index contributed by atoms with van der Waals surface area (Å²) < 4.78 is 12.7. The van der Waals surface area contributed by atoms with Crippen LogP contribution in [0.3, 0.4) is 0 Å². The number of hydrogen-bond acceptors (Lipinski definition) is 4. The molecule has 21 heavy (non-hydrogen) atoms. The first-order chi connectivity index (χ1) is 10.2. The Kier molecular flexibility index (Phi) is 4.26. The second kappa shape index (κ2) is 6.15. The van der Waals surface area contributed by atoms with E-state index >= 15 is 0 Å². The summed E-state index contributed by atoms with van der Waals surface area (Å²) in [6.07, 6.45) is 4.44. The summed E-state index contributed by atoms with van der Waals surface area (Å²) in [6.45, 7) is 2.92. The molecule has 6 nitrogen and oxygen atoms in total. The maximum Gasteiger partial charge on any atom is 0.248 e. The summed E-state index contributed by atoms with van der Waals surface area (Å²) in [5, 5.41) is 4.34. The molecule has 3 rings (SSSR count). The van der Waals surface area contributed by atoms with Gasteiger partial charge in [-0.05, 0) is 18.8 Å². The molecule has 0 saturated heterocycles. The minimum atomic E-state index is 0.0270. The van der Waals surface area contributed by atoms with Crippen LogP contribution in [-0.2, 0) is 27.9 Å². The molecule has 2 aliphatic rings. The van der Waals surface area contributed by atoms with Crippen LogP contribution in [0.25, 0.3) is 0 Å². The molecule has 6 heteroatoms. The number of rotatable bonds is 6. The standard InChI is InChI=1S/C15H23N3O3/c1-17-15-12(5-16-17)6-18(14(19)10-20-2)7-13(15)9-21-8-11-3-4-11/h5,11,13H,3-4,6-10H2,1-2H3/t13-/m0/s1. The molecule has 1 aliphatic heterocycles. The van der Waals surface area contributed by atoms with Crippen molar-refractivity contribution < 1.29 is 14.3 Å². The van der Waals surface area contributed by atoms with Crippen LogP contribution in [0.15, 0.2) is 6.20 Å². The largest absolute Gasteiger partial charge is 0.380 e. The smallest absolute Gasteiger partial charge is 0.248 e. The Hall–Kier alpha value is -1.40. The van der Waals surface area contributed by atoms with E-state index in [1.54, 1.807) is 7.11 Å². The summed E-state index contributed by atoms with van der Waals surface area (Å²) in [5.74, 6) is 0.978. The molecule has 0 unspecified atom stereocenters. The molecule has 1 aliphatic carbocycles. The molecule has 0 N–H and O–H groups in total. The van der Waals surface area contributed by atoms with Crippen LogP contribution >= 0.6 is 0 Å². The van der Waals surface area contributed by atoms with Crippen molar-refractivity contribution in [2.24, 2.45) is 13.0 Å². The molecule has 0 bridgehead atoms. The van der Waals surface area contributed by atoms with E-state index in [9.17, 15) is 4.79 Å². The van der Waals surface area contributed by atoms with Gasteiger partial charge in [-0.25, -0.2) is 0 Å². The molecule has 0 radical (unpaired) electrons. The molecule has 1 fully saturated rings. The fourth-order valence-corrected chi connectivity index (χ4v) is 2.96. The third-order valence-electron chi connectivity index (χ3n) is 4.24. The van der Waals surface area contributed by atoms with Crippen molar-refractivity contribution >= 4 is 5.91 Å². The van der Waals surface area contributed by atoms with E-state index in [1.807, 2.05) is 22.8 Å². The van der Waals surface area contributed by atoms with Crippen LogP contribution in [0, 0.1) is 5.92 Å². The summed E-state index contributed by atoms with van der Waals surface area (Å²) in [5.41, 5.74) is 2.32. The number of ether oxygens (including phenoxy) is 2. The molecule has 1 saturated carbocycles. The van der Waals surface area contributed by atoms with Crippen LogP contribution in [0.5, 0.6) is 0 Å². The Morgan fingerprint density at radius 3 is 2.95 bits per heavy atom. The minimum Gasteiger partial charge on any atom is -0.380 e. The first-order valence-electron chi connectivity index (χ1n) is 7.54. The van der Waals surface area contributed by atoms with E-state index in [0.717, 1.165) is 18.1 Å². The van der Waals surface area contributed by atoms with Gasteiger partial charge in [-0.1, -0.05) is 0 Å². The zero-order valence-corrected chi connectivity index (χ0v) is 12.7. The lowest BCUT2D eigenvalue weighted by Gasteiger charge is -2.33. The van der Waals surface area contributed by atoms with Crippen LogP contribution < -0.4 is 0 Å². The molecule has 1 atom stereocenters. The maximum absolute atomic E-state index is 12.1. The molecule has 1 amide bonds. The number of aryl methyl sites for hydroxylation is 1. The fourth-order valence-electron chi connectivity index (χ4n) is 2.96. The van der Waals surface area contributed by atoms with Gasteiger partial charge in [-0.15, -0.1) is 0 Å². The summed E-state index contributed by atoms with van der Waals surface area (Å²) in [4.78, 5) is 13.9. The Morgan fingerprint density at radius 2 is 2.24 bits per heavy atom. The van der Waals surface area contributed by atoms with Crippen molar-refractivity contribution in [3.8, 4) is 0 Å². The fraction of sp³-hybridized carbons (Fsp3) is 0.733. The summed E-state index contributed by atoms with van der Waals surface area (Å²) in [6, 6.07) is 0. The second-order valence-electron chi connectivity index (χ2n) is 6.06. The average Bonchev–Trinajstić information content (AvgIpc) is 3.21.